The lowest BCUT2D eigenvalue weighted by Gasteiger charge is -2.16. The van der Waals surface area contributed by atoms with E-state index in [1.54, 1.807) is 13.0 Å². The summed E-state index contributed by atoms with van der Waals surface area (Å²) in [6, 6.07) is 5.62. The summed E-state index contributed by atoms with van der Waals surface area (Å²) < 4.78 is 18.3. The third-order valence-corrected chi connectivity index (χ3v) is 2.61. The van der Waals surface area contributed by atoms with Crippen LogP contribution in [0, 0.1) is 5.82 Å². The lowest BCUT2D eigenvalue weighted by molar-refractivity contribution is -0.127. The van der Waals surface area contributed by atoms with Gasteiger partial charge in [0.1, 0.15) is 11.6 Å². The van der Waals surface area contributed by atoms with Gasteiger partial charge < -0.3 is 15.2 Å². The van der Waals surface area contributed by atoms with E-state index in [0.717, 1.165) is 6.42 Å². The Labute approximate surface area is 112 Å². The number of amides is 1. The quantitative estimate of drug-likeness (QED) is 0.794. The topological polar surface area (TPSA) is 58.6 Å². The van der Waals surface area contributed by atoms with Crippen molar-refractivity contribution in [2.75, 3.05) is 6.54 Å². The lowest BCUT2D eigenvalue weighted by Crippen LogP contribution is -2.40. The maximum absolute atomic E-state index is 12.9. The molecule has 0 spiro atoms. The summed E-state index contributed by atoms with van der Waals surface area (Å²) in [4.78, 5) is 11.7. The first-order valence-electron chi connectivity index (χ1n) is 6.41. The van der Waals surface area contributed by atoms with Gasteiger partial charge in [-0.3, -0.25) is 4.79 Å². The molecule has 19 heavy (non-hydrogen) atoms. The average Bonchev–Trinajstić information content (AvgIpc) is 2.36. The highest BCUT2D eigenvalue weighted by molar-refractivity contribution is 5.80. The first-order valence-corrected chi connectivity index (χ1v) is 6.41. The van der Waals surface area contributed by atoms with Crippen molar-refractivity contribution < 1.29 is 19.0 Å². The largest absolute Gasteiger partial charge is 0.481 e. The molecule has 0 aliphatic rings. The molecular formula is C14H20FNO3. The first-order chi connectivity index (χ1) is 9.02. The van der Waals surface area contributed by atoms with Crippen molar-refractivity contribution in [2.45, 2.75) is 38.9 Å². The number of aliphatic hydroxyl groups is 1. The van der Waals surface area contributed by atoms with Crippen LogP contribution in [0.5, 0.6) is 5.75 Å². The van der Waals surface area contributed by atoms with Crippen LogP contribution in [-0.4, -0.2) is 29.8 Å². The van der Waals surface area contributed by atoms with Crippen LogP contribution in [-0.2, 0) is 4.79 Å². The number of benzene rings is 1. The van der Waals surface area contributed by atoms with Gasteiger partial charge in [-0.25, -0.2) is 4.39 Å². The lowest BCUT2D eigenvalue weighted by atomic mass is 10.2. The summed E-state index contributed by atoms with van der Waals surface area (Å²) in [5.74, 6) is -0.445. The Kier molecular flexibility index (Phi) is 6.29. The summed E-state index contributed by atoms with van der Waals surface area (Å²) in [7, 11) is 0. The fourth-order valence-corrected chi connectivity index (χ4v) is 1.60. The molecule has 1 aromatic rings. The summed E-state index contributed by atoms with van der Waals surface area (Å²) in [6.07, 6.45) is 0.206. The average molecular weight is 269 g/mol. The Balaban J connectivity index is 2.40. The van der Waals surface area contributed by atoms with Gasteiger partial charge in [-0.2, -0.15) is 0 Å². The van der Waals surface area contributed by atoms with Gasteiger partial charge >= 0.3 is 0 Å². The smallest absolute Gasteiger partial charge is 0.260 e. The number of carbonyl (C=O) groups is 1. The molecule has 5 heteroatoms. The zero-order chi connectivity index (χ0) is 14.3. The van der Waals surface area contributed by atoms with Gasteiger partial charge in [0.05, 0.1) is 6.10 Å². The van der Waals surface area contributed by atoms with E-state index in [1.807, 2.05) is 6.92 Å². The molecule has 4 nitrogen and oxygen atoms in total. The molecule has 0 saturated heterocycles. The predicted molar refractivity (Wildman–Crippen MR) is 70.4 cm³/mol. The number of ether oxygens (including phenoxy) is 1. The standard InChI is InChI=1S/C14H20FNO3/c1-3-5-12(17)9-16-14(18)10(2)19-13-7-4-6-11(15)8-13/h4,6-8,10,12,17H,3,5,9H2,1-2H3,(H,16,18). The number of carbonyl (C=O) groups excluding carboxylic acids is 1. The summed E-state index contributed by atoms with van der Waals surface area (Å²) in [5.41, 5.74) is 0. The van der Waals surface area contributed by atoms with Gasteiger partial charge in [0.15, 0.2) is 6.10 Å². The Morgan fingerprint density at radius 2 is 2.26 bits per heavy atom. The zero-order valence-corrected chi connectivity index (χ0v) is 11.2. The van der Waals surface area contributed by atoms with Crippen LogP contribution >= 0.6 is 0 Å². The van der Waals surface area contributed by atoms with E-state index in [1.165, 1.54) is 18.2 Å². The van der Waals surface area contributed by atoms with Gasteiger partial charge in [-0.1, -0.05) is 19.4 Å². The van der Waals surface area contributed by atoms with Crippen molar-refractivity contribution >= 4 is 5.91 Å². The molecule has 2 unspecified atom stereocenters. The highest BCUT2D eigenvalue weighted by Gasteiger charge is 2.15. The highest BCUT2D eigenvalue weighted by atomic mass is 19.1. The summed E-state index contributed by atoms with van der Waals surface area (Å²) in [6.45, 7) is 3.73. The van der Waals surface area contributed by atoms with Crippen molar-refractivity contribution in [1.29, 1.82) is 0 Å². The van der Waals surface area contributed by atoms with Crippen molar-refractivity contribution in [3.8, 4) is 5.75 Å². The molecule has 1 rings (SSSR count). The molecule has 0 aliphatic heterocycles. The molecule has 0 saturated carbocycles. The Morgan fingerprint density at radius 1 is 1.53 bits per heavy atom. The third-order valence-electron chi connectivity index (χ3n) is 2.61. The van der Waals surface area contributed by atoms with Gasteiger partial charge in [0, 0.05) is 12.6 Å². The minimum atomic E-state index is -0.740. The van der Waals surface area contributed by atoms with Crippen LogP contribution in [0.2, 0.25) is 0 Å². The van der Waals surface area contributed by atoms with E-state index >= 15 is 0 Å². The van der Waals surface area contributed by atoms with Crippen molar-refractivity contribution in [1.82, 2.24) is 5.32 Å². The molecule has 2 atom stereocenters. The number of hydrogen-bond acceptors (Lipinski definition) is 3. The first kappa shape index (κ1) is 15.4. The van der Waals surface area contributed by atoms with E-state index in [0.29, 0.717) is 12.2 Å². The molecule has 2 N–H and O–H groups in total. The van der Waals surface area contributed by atoms with E-state index in [2.05, 4.69) is 5.32 Å². The zero-order valence-electron chi connectivity index (χ0n) is 11.2. The highest BCUT2D eigenvalue weighted by Crippen LogP contribution is 2.13. The van der Waals surface area contributed by atoms with Crippen LogP contribution in [0.1, 0.15) is 26.7 Å². The van der Waals surface area contributed by atoms with Crippen molar-refractivity contribution in [3.05, 3.63) is 30.1 Å². The van der Waals surface area contributed by atoms with Crippen molar-refractivity contribution in [3.63, 3.8) is 0 Å². The SMILES string of the molecule is CCCC(O)CNC(=O)C(C)Oc1cccc(F)c1. The van der Waals surface area contributed by atoms with Gasteiger partial charge in [-0.15, -0.1) is 0 Å². The van der Waals surface area contributed by atoms with Crippen molar-refractivity contribution in [2.24, 2.45) is 0 Å². The second kappa shape index (κ2) is 7.74. The molecule has 0 aromatic heterocycles. The maximum atomic E-state index is 12.9. The molecule has 0 aliphatic carbocycles. The summed E-state index contributed by atoms with van der Waals surface area (Å²) in [5, 5.41) is 12.1. The molecular weight excluding hydrogens is 249 g/mol. The second-order valence-corrected chi connectivity index (χ2v) is 4.41. The van der Waals surface area contributed by atoms with E-state index in [4.69, 9.17) is 4.74 Å². The monoisotopic (exact) mass is 269 g/mol. The van der Waals surface area contributed by atoms with Crippen LogP contribution in [0.4, 0.5) is 4.39 Å². The number of halogens is 1. The van der Waals surface area contributed by atoms with Crippen LogP contribution in [0.25, 0.3) is 0 Å². The molecule has 0 fully saturated rings. The molecule has 1 aromatic carbocycles. The van der Waals surface area contributed by atoms with Crippen LogP contribution < -0.4 is 10.1 Å². The summed E-state index contributed by atoms with van der Waals surface area (Å²) >= 11 is 0. The molecule has 1 amide bonds. The predicted octanol–water partition coefficient (Wildman–Crippen LogP) is 1.87. The Hall–Kier alpha value is -1.62. The van der Waals surface area contributed by atoms with Gasteiger partial charge in [0.2, 0.25) is 0 Å². The normalized spacial score (nSPS) is 13.7. The Morgan fingerprint density at radius 3 is 2.89 bits per heavy atom. The van der Waals surface area contributed by atoms with E-state index in [-0.39, 0.29) is 12.5 Å². The van der Waals surface area contributed by atoms with Gasteiger partial charge in [-0.05, 0) is 25.5 Å². The second-order valence-electron chi connectivity index (χ2n) is 4.41. The van der Waals surface area contributed by atoms with Crippen LogP contribution in [0.15, 0.2) is 24.3 Å². The number of nitrogens with one attached hydrogen (secondary N) is 1. The molecule has 0 radical (unpaired) electrons. The molecule has 0 bridgehead atoms. The fourth-order valence-electron chi connectivity index (χ4n) is 1.60. The molecule has 106 valence electrons. The fraction of sp³-hybridized carbons (Fsp3) is 0.500. The van der Waals surface area contributed by atoms with Crippen LogP contribution in [0.3, 0.4) is 0 Å². The van der Waals surface area contributed by atoms with E-state index in [9.17, 15) is 14.3 Å². The number of rotatable bonds is 7. The number of aliphatic hydroxyl groups excluding tert-OH is 1. The maximum Gasteiger partial charge on any atom is 0.260 e. The van der Waals surface area contributed by atoms with Gasteiger partial charge in [0.25, 0.3) is 5.91 Å². The van der Waals surface area contributed by atoms with E-state index < -0.39 is 18.0 Å². The minimum Gasteiger partial charge on any atom is -0.481 e. The Bertz CT molecular complexity index is 411. The minimum absolute atomic E-state index is 0.198. The third kappa shape index (κ3) is 5.70. The molecule has 0 heterocycles. The number of hydrogen-bond donors (Lipinski definition) is 2.